The van der Waals surface area contributed by atoms with Gasteiger partial charge < -0.3 is 25.6 Å². The number of amides is 4. The molecule has 4 amide bonds. The van der Waals surface area contributed by atoms with Crippen LogP contribution >= 0.6 is 0 Å². The summed E-state index contributed by atoms with van der Waals surface area (Å²) in [5, 5.41) is 8.40. The summed E-state index contributed by atoms with van der Waals surface area (Å²) in [5.41, 5.74) is 4.09. The number of nitrogens with zero attached hydrogens (tertiary/aromatic N) is 1. The number of carbonyl (C=O) groups is 3. The Bertz CT molecular complexity index is 1030. The predicted octanol–water partition coefficient (Wildman–Crippen LogP) is 4.43. The number of carbonyl (C=O) groups excluding carboxylic acids is 3. The van der Waals surface area contributed by atoms with Gasteiger partial charge in [-0.1, -0.05) is 31.2 Å². The quantitative estimate of drug-likeness (QED) is 0.584. The summed E-state index contributed by atoms with van der Waals surface area (Å²) in [6.45, 7) is 5.75. The van der Waals surface area contributed by atoms with Crippen LogP contribution in [0, 0.1) is 0 Å². The maximum Gasteiger partial charge on any atom is 0.338 e. The number of esters is 1. The Morgan fingerprint density at radius 2 is 1.56 bits per heavy atom. The predicted molar refractivity (Wildman–Crippen MR) is 123 cm³/mol. The van der Waals surface area contributed by atoms with Crippen molar-refractivity contribution in [1.29, 1.82) is 0 Å². The highest BCUT2D eigenvalue weighted by Crippen LogP contribution is 2.31. The third-order valence-corrected chi connectivity index (χ3v) is 5.37. The lowest BCUT2D eigenvalue weighted by Crippen LogP contribution is -2.46. The zero-order chi connectivity index (χ0) is 23.3. The van der Waals surface area contributed by atoms with Gasteiger partial charge >= 0.3 is 18.0 Å². The van der Waals surface area contributed by atoms with Crippen molar-refractivity contribution >= 4 is 29.4 Å². The monoisotopic (exact) mass is 436 g/mol. The highest BCUT2D eigenvalue weighted by Gasteiger charge is 2.34. The first-order valence-corrected chi connectivity index (χ1v) is 10.5. The van der Waals surface area contributed by atoms with Crippen molar-refractivity contribution in [3.05, 3.63) is 70.9 Å². The van der Waals surface area contributed by atoms with Crippen LogP contribution < -0.4 is 16.0 Å². The SMILES string of the molecule is CCOC(=O)C1=C(C)N(C)C(=O)NC1c1ccc(NC(=O)Nc2ccc(CC)cc2)cc1. The van der Waals surface area contributed by atoms with E-state index in [0.717, 1.165) is 6.42 Å². The average molecular weight is 437 g/mol. The first kappa shape index (κ1) is 22.9. The normalized spacial score (nSPS) is 15.8. The molecule has 8 nitrogen and oxygen atoms in total. The van der Waals surface area contributed by atoms with Crippen molar-refractivity contribution in [1.82, 2.24) is 10.2 Å². The average Bonchev–Trinajstić information content (AvgIpc) is 2.78. The Labute approximate surface area is 187 Å². The van der Waals surface area contributed by atoms with E-state index in [4.69, 9.17) is 4.74 Å². The number of hydrogen-bond acceptors (Lipinski definition) is 4. The lowest BCUT2D eigenvalue weighted by Gasteiger charge is -2.33. The summed E-state index contributed by atoms with van der Waals surface area (Å²) in [5.74, 6) is -0.475. The molecule has 0 aromatic heterocycles. The number of hydrogen-bond donors (Lipinski definition) is 3. The Hall–Kier alpha value is -3.81. The van der Waals surface area contributed by atoms with E-state index in [1.165, 1.54) is 10.5 Å². The van der Waals surface area contributed by atoms with Crippen LogP contribution in [0.25, 0.3) is 0 Å². The van der Waals surface area contributed by atoms with E-state index >= 15 is 0 Å². The standard InChI is InChI=1S/C24H28N4O4/c1-5-16-7-11-18(12-8-16)25-23(30)26-19-13-9-17(10-14-19)21-20(22(29)32-6-2)15(3)28(4)24(31)27-21/h7-14,21H,5-6H2,1-4H3,(H,27,31)(H2,25,26,30). The molecule has 1 aliphatic rings. The molecule has 1 atom stereocenters. The number of nitrogens with one attached hydrogen (secondary N) is 3. The van der Waals surface area contributed by atoms with Crippen LogP contribution in [-0.2, 0) is 16.0 Å². The fraction of sp³-hybridized carbons (Fsp3) is 0.292. The molecule has 0 fully saturated rings. The largest absolute Gasteiger partial charge is 0.463 e. The second-order valence-corrected chi connectivity index (χ2v) is 7.41. The third-order valence-electron chi connectivity index (χ3n) is 5.37. The molecule has 0 saturated heterocycles. The van der Waals surface area contributed by atoms with Gasteiger partial charge in [0.1, 0.15) is 0 Å². The van der Waals surface area contributed by atoms with Gasteiger partial charge in [-0.3, -0.25) is 0 Å². The Morgan fingerprint density at radius 3 is 2.09 bits per heavy atom. The molecule has 1 heterocycles. The van der Waals surface area contributed by atoms with Gasteiger partial charge in [0.2, 0.25) is 0 Å². The van der Waals surface area contributed by atoms with Crippen molar-refractivity contribution in [2.45, 2.75) is 33.2 Å². The molecule has 8 heteroatoms. The molecule has 1 unspecified atom stereocenters. The van der Waals surface area contributed by atoms with E-state index in [0.29, 0.717) is 28.2 Å². The minimum Gasteiger partial charge on any atom is -0.463 e. The number of benzene rings is 2. The minimum atomic E-state index is -0.641. The molecule has 2 aromatic carbocycles. The molecule has 168 valence electrons. The van der Waals surface area contributed by atoms with E-state index < -0.39 is 12.0 Å². The van der Waals surface area contributed by atoms with Gasteiger partial charge in [0.05, 0.1) is 18.2 Å². The smallest absolute Gasteiger partial charge is 0.338 e. The lowest BCUT2D eigenvalue weighted by atomic mass is 9.95. The van der Waals surface area contributed by atoms with E-state index in [2.05, 4.69) is 22.9 Å². The van der Waals surface area contributed by atoms with E-state index in [1.54, 1.807) is 45.2 Å². The lowest BCUT2D eigenvalue weighted by molar-refractivity contribution is -0.139. The van der Waals surface area contributed by atoms with Crippen LogP contribution in [0.15, 0.2) is 59.8 Å². The molecule has 0 bridgehead atoms. The van der Waals surface area contributed by atoms with Crippen LogP contribution in [0.1, 0.15) is 37.9 Å². The van der Waals surface area contributed by atoms with Crippen molar-refractivity contribution in [2.24, 2.45) is 0 Å². The second-order valence-electron chi connectivity index (χ2n) is 7.41. The van der Waals surface area contributed by atoms with Crippen molar-refractivity contribution in [3.63, 3.8) is 0 Å². The number of rotatable bonds is 6. The molecule has 3 N–H and O–H groups in total. The first-order valence-electron chi connectivity index (χ1n) is 10.5. The Morgan fingerprint density at radius 1 is 1.00 bits per heavy atom. The van der Waals surface area contributed by atoms with Gasteiger partial charge in [-0.05, 0) is 55.7 Å². The zero-order valence-electron chi connectivity index (χ0n) is 18.7. The van der Waals surface area contributed by atoms with Gasteiger partial charge in [0, 0.05) is 24.1 Å². The van der Waals surface area contributed by atoms with Crippen LogP contribution in [-0.4, -0.2) is 36.6 Å². The van der Waals surface area contributed by atoms with E-state index in [9.17, 15) is 14.4 Å². The first-order chi connectivity index (χ1) is 15.3. The third kappa shape index (κ3) is 5.08. The van der Waals surface area contributed by atoms with Crippen LogP contribution in [0.2, 0.25) is 0 Å². The van der Waals surface area contributed by atoms with Crippen LogP contribution in [0.4, 0.5) is 21.0 Å². The van der Waals surface area contributed by atoms with E-state index in [-0.39, 0.29) is 18.7 Å². The summed E-state index contributed by atoms with van der Waals surface area (Å²) in [6, 6.07) is 13.3. The number of anilines is 2. The van der Waals surface area contributed by atoms with Crippen molar-refractivity contribution in [2.75, 3.05) is 24.3 Å². The molecular weight excluding hydrogens is 408 g/mol. The molecule has 3 rings (SSSR count). The van der Waals surface area contributed by atoms with Gasteiger partial charge in [0.25, 0.3) is 0 Å². The van der Waals surface area contributed by atoms with Gasteiger partial charge in [-0.2, -0.15) is 0 Å². The molecule has 0 saturated carbocycles. The molecule has 2 aromatic rings. The molecular formula is C24H28N4O4. The number of allylic oxidation sites excluding steroid dienone is 1. The zero-order valence-corrected chi connectivity index (χ0v) is 18.7. The molecule has 1 aliphatic heterocycles. The minimum absolute atomic E-state index is 0.235. The molecule has 32 heavy (non-hydrogen) atoms. The van der Waals surface area contributed by atoms with Crippen molar-refractivity contribution in [3.8, 4) is 0 Å². The second kappa shape index (κ2) is 10.00. The Balaban J connectivity index is 1.73. The van der Waals surface area contributed by atoms with Gasteiger partial charge in [-0.15, -0.1) is 0 Å². The van der Waals surface area contributed by atoms with E-state index in [1.807, 2.05) is 24.3 Å². The number of ether oxygens (including phenoxy) is 1. The number of urea groups is 2. The number of aryl methyl sites for hydroxylation is 1. The molecule has 0 spiro atoms. The summed E-state index contributed by atoms with van der Waals surface area (Å²) >= 11 is 0. The summed E-state index contributed by atoms with van der Waals surface area (Å²) in [4.78, 5) is 38.5. The van der Waals surface area contributed by atoms with Crippen molar-refractivity contribution < 1.29 is 19.1 Å². The summed E-state index contributed by atoms with van der Waals surface area (Å²) in [6.07, 6.45) is 0.934. The molecule has 0 radical (unpaired) electrons. The fourth-order valence-electron chi connectivity index (χ4n) is 3.43. The fourth-order valence-corrected chi connectivity index (χ4v) is 3.43. The summed E-state index contributed by atoms with van der Waals surface area (Å²) in [7, 11) is 1.60. The maximum absolute atomic E-state index is 12.5. The van der Waals surface area contributed by atoms with Gasteiger partial charge in [-0.25, -0.2) is 14.4 Å². The summed E-state index contributed by atoms with van der Waals surface area (Å²) < 4.78 is 5.19. The highest BCUT2D eigenvalue weighted by atomic mass is 16.5. The van der Waals surface area contributed by atoms with Crippen LogP contribution in [0.3, 0.4) is 0 Å². The van der Waals surface area contributed by atoms with Gasteiger partial charge in [0.15, 0.2) is 0 Å². The Kier molecular flexibility index (Phi) is 7.14. The maximum atomic E-state index is 12.5. The highest BCUT2D eigenvalue weighted by molar-refractivity contribution is 6.00. The topological polar surface area (TPSA) is 99.8 Å². The molecule has 0 aliphatic carbocycles. The van der Waals surface area contributed by atoms with Crippen LogP contribution in [0.5, 0.6) is 0 Å².